The molecule has 1 heterocycles. The molecule has 1 unspecified atom stereocenters. The van der Waals surface area contributed by atoms with Gasteiger partial charge in [-0.15, -0.1) is 0 Å². The number of ether oxygens (including phenoxy) is 1. The standard InChI is InChI=1S/C13H19NO/c1-15-10-9-14-8-7-13(11-14)12-5-3-2-4-6-12/h2-6,13H,7-11H2,1H3. The summed E-state index contributed by atoms with van der Waals surface area (Å²) in [6.07, 6.45) is 1.29. The summed E-state index contributed by atoms with van der Waals surface area (Å²) in [5.74, 6) is 0.725. The van der Waals surface area contributed by atoms with Crippen molar-refractivity contribution in [2.75, 3.05) is 33.4 Å². The first-order valence-electron chi connectivity index (χ1n) is 5.66. The molecule has 2 heteroatoms. The quantitative estimate of drug-likeness (QED) is 0.746. The molecule has 1 aliphatic heterocycles. The zero-order chi connectivity index (χ0) is 10.5. The Balaban J connectivity index is 1.87. The van der Waals surface area contributed by atoms with Crippen LogP contribution in [0.1, 0.15) is 17.9 Å². The van der Waals surface area contributed by atoms with Crippen molar-refractivity contribution in [3.63, 3.8) is 0 Å². The predicted molar refractivity (Wildman–Crippen MR) is 62.1 cm³/mol. The fraction of sp³-hybridized carbons (Fsp3) is 0.538. The zero-order valence-electron chi connectivity index (χ0n) is 9.36. The molecule has 82 valence electrons. The second-order valence-electron chi connectivity index (χ2n) is 4.19. The maximum Gasteiger partial charge on any atom is 0.0589 e. The summed E-state index contributed by atoms with van der Waals surface area (Å²) in [7, 11) is 1.77. The van der Waals surface area contributed by atoms with E-state index in [1.54, 1.807) is 7.11 Å². The minimum absolute atomic E-state index is 0.725. The molecule has 1 aromatic carbocycles. The van der Waals surface area contributed by atoms with Gasteiger partial charge < -0.3 is 9.64 Å². The molecule has 1 fully saturated rings. The molecule has 0 amide bonds. The predicted octanol–water partition coefficient (Wildman–Crippen LogP) is 2.12. The molecular formula is C13H19NO. The largest absolute Gasteiger partial charge is 0.383 e. The van der Waals surface area contributed by atoms with Gasteiger partial charge in [0.25, 0.3) is 0 Å². The van der Waals surface area contributed by atoms with E-state index in [9.17, 15) is 0 Å². The van der Waals surface area contributed by atoms with E-state index in [1.165, 1.54) is 25.1 Å². The van der Waals surface area contributed by atoms with Gasteiger partial charge in [0.15, 0.2) is 0 Å². The van der Waals surface area contributed by atoms with Crippen LogP contribution < -0.4 is 0 Å². The van der Waals surface area contributed by atoms with Crippen molar-refractivity contribution in [3.8, 4) is 0 Å². The number of hydrogen-bond donors (Lipinski definition) is 0. The number of methoxy groups -OCH3 is 1. The van der Waals surface area contributed by atoms with E-state index < -0.39 is 0 Å². The molecule has 1 atom stereocenters. The number of rotatable bonds is 4. The molecule has 0 N–H and O–H groups in total. The summed E-state index contributed by atoms with van der Waals surface area (Å²) in [5.41, 5.74) is 1.48. The van der Waals surface area contributed by atoms with Crippen LogP contribution in [0.3, 0.4) is 0 Å². The van der Waals surface area contributed by atoms with Gasteiger partial charge in [0.2, 0.25) is 0 Å². The van der Waals surface area contributed by atoms with Gasteiger partial charge in [-0.2, -0.15) is 0 Å². The molecule has 15 heavy (non-hydrogen) atoms. The van der Waals surface area contributed by atoms with Gasteiger partial charge in [-0.3, -0.25) is 0 Å². The van der Waals surface area contributed by atoms with Crippen LogP contribution in [0.25, 0.3) is 0 Å². The van der Waals surface area contributed by atoms with Gasteiger partial charge in [-0.1, -0.05) is 30.3 Å². The van der Waals surface area contributed by atoms with Crippen LogP contribution >= 0.6 is 0 Å². The van der Waals surface area contributed by atoms with E-state index in [-0.39, 0.29) is 0 Å². The molecule has 0 saturated carbocycles. The first kappa shape index (κ1) is 10.7. The van der Waals surface area contributed by atoms with Crippen LogP contribution in [0, 0.1) is 0 Å². The van der Waals surface area contributed by atoms with E-state index in [4.69, 9.17) is 4.74 Å². The fourth-order valence-corrected chi connectivity index (χ4v) is 2.25. The highest BCUT2D eigenvalue weighted by Crippen LogP contribution is 2.26. The summed E-state index contributed by atoms with van der Waals surface area (Å²) >= 11 is 0. The Labute approximate surface area is 91.9 Å². The summed E-state index contributed by atoms with van der Waals surface area (Å²) < 4.78 is 5.10. The summed E-state index contributed by atoms with van der Waals surface area (Å²) in [4.78, 5) is 2.49. The Kier molecular flexibility index (Phi) is 3.75. The Hall–Kier alpha value is -0.860. The molecular weight excluding hydrogens is 186 g/mol. The van der Waals surface area contributed by atoms with Gasteiger partial charge in [-0.25, -0.2) is 0 Å². The second-order valence-corrected chi connectivity index (χ2v) is 4.19. The van der Waals surface area contributed by atoms with Gasteiger partial charge in [0, 0.05) is 20.2 Å². The van der Waals surface area contributed by atoms with Gasteiger partial charge in [0.1, 0.15) is 0 Å². The molecule has 1 aliphatic rings. The Morgan fingerprint density at radius 3 is 2.87 bits per heavy atom. The molecule has 2 nitrogen and oxygen atoms in total. The number of nitrogens with zero attached hydrogens (tertiary/aromatic N) is 1. The van der Waals surface area contributed by atoms with Gasteiger partial charge in [-0.05, 0) is 24.4 Å². The third kappa shape index (κ3) is 2.80. The van der Waals surface area contributed by atoms with Crippen LogP contribution in [0.15, 0.2) is 30.3 Å². The first-order valence-corrected chi connectivity index (χ1v) is 5.66. The lowest BCUT2D eigenvalue weighted by Crippen LogP contribution is -2.24. The highest BCUT2D eigenvalue weighted by molar-refractivity contribution is 5.20. The highest BCUT2D eigenvalue weighted by atomic mass is 16.5. The molecule has 0 aliphatic carbocycles. The maximum absolute atomic E-state index is 5.10. The van der Waals surface area contributed by atoms with E-state index in [0.717, 1.165) is 19.1 Å². The van der Waals surface area contributed by atoms with Crippen molar-refractivity contribution in [1.82, 2.24) is 4.90 Å². The van der Waals surface area contributed by atoms with Gasteiger partial charge >= 0.3 is 0 Å². The highest BCUT2D eigenvalue weighted by Gasteiger charge is 2.22. The van der Waals surface area contributed by atoms with Crippen LogP contribution in [-0.2, 0) is 4.74 Å². The molecule has 0 spiro atoms. The van der Waals surface area contributed by atoms with Crippen molar-refractivity contribution in [3.05, 3.63) is 35.9 Å². The number of benzene rings is 1. The van der Waals surface area contributed by atoms with E-state index in [2.05, 4.69) is 35.2 Å². The van der Waals surface area contributed by atoms with Gasteiger partial charge in [0.05, 0.1) is 6.61 Å². The van der Waals surface area contributed by atoms with E-state index >= 15 is 0 Å². The average molecular weight is 205 g/mol. The number of likely N-dealkylation sites (tertiary alicyclic amines) is 1. The monoisotopic (exact) mass is 205 g/mol. The van der Waals surface area contributed by atoms with Crippen LogP contribution in [0.2, 0.25) is 0 Å². The van der Waals surface area contributed by atoms with Crippen molar-refractivity contribution in [2.24, 2.45) is 0 Å². The molecule has 2 rings (SSSR count). The lowest BCUT2D eigenvalue weighted by atomic mass is 9.99. The molecule has 0 aromatic heterocycles. The van der Waals surface area contributed by atoms with Crippen molar-refractivity contribution < 1.29 is 4.74 Å². The Morgan fingerprint density at radius 2 is 2.13 bits per heavy atom. The average Bonchev–Trinajstić information content (AvgIpc) is 2.76. The molecule has 0 bridgehead atoms. The second kappa shape index (κ2) is 5.29. The normalized spacial score (nSPS) is 22.1. The maximum atomic E-state index is 5.10. The third-order valence-electron chi connectivity index (χ3n) is 3.15. The van der Waals surface area contributed by atoms with Crippen molar-refractivity contribution in [2.45, 2.75) is 12.3 Å². The summed E-state index contributed by atoms with van der Waals surface area (Å²) in [6.45, 7) is 4.32. The van der Waals surface area contributed by atoms with Crippen LogP contribution in [0.4, 0.5) is 0 Å². The van der Waals surface area contributed by atoms with Crippen LogP contribution in [0.5, 0.6) is 0 Å². The lowest BCUT2D eigenvalue weighted by molar-refractivity contribution is 0.160. The van der Waals surface area contributed by atoms with Crippen molar-refractivity contribution in [1.29, 1.82) is 0 Å². The molecule has 1 aromatic rings. The Morgan fingerprint density at radius 1 is 1.33 bits per heavy atom. The summed E-state index contributed by atoms with van der Waals surface area (Å²) in [5, 5.41) is 0. The fourth-order valence-electron chi connectivity index (χ4n) is 2.25. The first-order chi connectivity index (χ1) is 7.40. The smallest absolute Gasteiger partial charge is 0.0589 e. The third-order valence-corrected chi connectivity index (χ3v) is 3.15. The molecule has 0 radical (unpaired) electrons. The molecule has 1 saturated heterocycles. The minimum Gasteiger partial charge on any atom is -0.383 e. The zero-order valence-corrected chi connectivity index (χ0v) is 9.36. The SMILES string of the molecule is COCCN1CCC(c2ccccc2)C1. The Bertz CT molecular complexity index is 286. The van der Waals surface area contributed by atoms with Crippen molar-refractivity contribution >= 4 is 0 Å². The van der Waals surface area contributed by atoms with E-state index in [0.29, 0.717) is 0 Å². The number of hydrogen-bond acceptors (Lipinski definition) is 2. The lowest BCUT2D eigenvalue weighted by Gasteiger charge is -2.15. The minimum atomic E-state index is 0.725. The summed E-state index contributed by atoms with van der Waals surface area (Å²) in [6, 6.07) is 10.8. The topological polar surface area (TPSA) is 12.5 Å². The van der Waals surface area contributed by atoms with Crippen LogP contribution in [-0.4, -0.2) is 38.3 Å². The van der Waals surface area contributed by atoms with E-state index in [1.807, 2.05) is 0 Å².